The van der Waals surface area contributed by atoms with Crippen molar-refractivity contribution in [1.82, 2.24) is 19.9 Å². The van der Waals surface area contributed by atoms with Crippen LogP contribution >= 0.6 is 11.6 Å². The van der Waals surface area contributed by atoms with Gasteiger partial charge in [-0.25, -0.2) is 9.97 Å². The molecule has 2 aromatic heterocycles. The lowest BCUT2D eigenvalue weighted by molar-refractivity contribution is 0.0818. The fourth-order valence-corrected chi connectivity index (χ4v) is 5.38. The Morgan fingerprint density at radius 3 is 1.87 bits per heavy atom. The molecule has 0 spiro atoms. The third kappa shape index (κ3) is 9.71. The highest BCUT2D eigenvalue weighted by Gasteiger charge is 2.27. The van der Waals surface area contributed by atoms with Gasteiger partial charge >= 0.3 is 0 Å². The van der Waals surface area contributed by atoms with Crippen LogP contribution in [0.25, 0.3) is 11.0 Å². The van der Waals surface area contributed by atoms with Gasteiger partial charge in [-0.3, -0.25) is 0 Å². The summed E-state index contributed by atoms with van der Waals surface area (Å²) in [6.07, 6.45) is 1.99. The number of fused-ring (bicyclic) bond motifs is 1. The second-order valence-electron chi connectivity index (χ2n) is 10.8. The lowest BCUT2D eigenvalue weighted by atomic mass is 10.1. The maximum atomic E-state index is 6.31. The zero-order valence-corrected chi connectivity index (χ0v) is 27.9. The number of aromatic nitrogens is 4. The number of anilines is 4. The van der Waals surface area contributed by atoms with Gasteiger partial charge in [0.15, 0.2) is 11.6 Å². The third-order valence-corrected chi connectivity index (χ3v) is 7.99. The van der Waals surface area contributed by atoms with Crippen molar-refractivity contribution in [3.05, 3.63) is 34.9 Å². The van der Waals surface area contributed by atoms with Crippen LogP contribution in [0.1, 0.15) is 18.4 Å². The molecule has 13 nitrogen and oxygen atoms in total. The molecule has 0 amide bonds. The minimum atomic E-state index is 0.215. The van der Waals surface area contributed by atoms with Crippen molar-refractivity contribution in [2.75, 3.05) is 121 Å². The second-order valence-corrected chi connectivity index (χ2v) is 11.2. The van der Waals surface area contributed by atoms with Crippen LogP contribution in [0.15, 0.2) is 24.3 Å². The first-order valence-corrected chi connectivity index (χ1v) is 15.7. The minimum absolute atomic E-state index is 0.215. The minimum Gasteiger partial charge on any atom is -0.383 e. The summed E-state index contributed by atoms with van der Waals surface area (Å²) in [4.78, 5) is 26.8. The number of nitrogens with one attached hydrogen (secondary N) is 1. The normalized spacial score (nSPS) is 13.9. The van der Waals surface area contributed by atoms with Crippen molar-refractivity contribution < 1.29 is 23.7 Å². The van der Waals surface area contributed by atoms with Gasteiger partial charge in [0, 0.05) is 86.4 Å². The second kappa shape index (κ2) is 18.2. The maximum absolute atomic E-state index is 6.31. The van der Waals surface area contributed by atoms with Crippen molar-refractivity contribution in [2.45, 2.75) is 25.5 Å². The van der Waals surface area contributed by atoms with Crippen molar-refractivity contribution in [3.8, 4) is 0 Å². The number of halogens is 1. The zero-order valence-electron chi connectivity index (χ0n) is 27.1. The molecule has 0 radical (unpaired) electrons. The van der Waals surface area contributed by atoms with Gasteiger partial charge in [0.05, 0.1) is 32.5 Å². The summed E-state index contributed by atoms with van der Waals surface area (Å²) in [7, 11) is 8.52. The van der Waals surface area contributed by atoms with Gasteiger partial charge in [0.25, 0.3) is 0 Å². The topological polar surface area (TPSA) is 119 Å². The first-order valence-electron chi connectivity index (χ1n) is 15.3. The lowest BCUT2D eigenvalue weighted by Gasteiger charge is -2.33. The summed E-state index contributed by atoms with van der Waals surface area (Å²) >= 11 is 6.31. The maximum Gasteiger partial charge on any atom is 0.228 e. The van der Waals surface area contributed by atoms with Crippen molar-refractivity contribution in [1.29, 1.82) is 0 Å². The van der Waals surface area contributed by atoms with E-state index in [1.165, 1.54) is 0 Å². The van der Waals surface area contributed by atoms with Crippen LogP contribution in [0.5, 0.6) is 0 Å². The Kier molecular flexibility index (Phi) is 14.0. The van der Waals surface area contributed by atoms with E-state index in [1.54, 1.807) is 35.5 Å². The molecule has 0 bridgehead atoms. The fourth-order valence-electron chi connectivity index (χ4n) is 5.17. The Hall–Kier alpha value is -3.07. The predicted octanol–water partition coefficient (Wildman–Crippen LogP) is 3.50. The number of methoxy groups -OCH3 is 5. The van der Waals surface area contributed by atoms with Gasteiger partial charge in [-0.15, -0.1) is 0 Å². The van der Waals surface area contributed by atoms with E-state index in [9.17, 15) is 0 Å². The Morgan fingerprint density at radius 1 is 0.778 bits per heavy atom. The number of rotatable bonds is 19. The van der Waals surface area contributed by atoms with Crippen molar-refractivity contribution >= 4 is 46.2 Å². The lowest BCUT2D eigenvalue weighted by Crippen LogP contribution is -2.38. The molecule has 0 aliphatic carbocycles. The number of nitrogens with zero attached hydrogens (tertiary/aromatic N) is 7. The quantitative estimate of drug-likeness (QED) is 0.205. The molecule has 1 N–H and O–H groups in total. The summed E-state index contributed by atoms with van der Waals surface area (Å²) in [5, 5.41) is 4.21. The average molecular weight is 647 g/mol. The molecule has 1 aromatic carbocycles. The molecule has 1 fully saturated rings. The summed E-state index contributed by atoms with van der Waals surface area (Å²) < 4.78 is 27.4. The summed E-state index contributed by atoms with van der Waals surface area (Å²) in [5.74, 6) is 2.48. The van der Waals surface area contributed by atoms with E-state index in [2.05, 4.69) is 20.0 Å². The number of benzene rings is 1. The molecule has 0 unspecified atom stereocenters. The molecular weight excluding hydrogens is 600 g/mol. The SMILES string of the molecule is COCCN(CCOC)c1nc(N2CCC(OC)CC2)c2nc(N(CCOC)CCOC)nc(NCc3cccc(Cl)c3)c2n1. The molecule has 14 heteroatoms. The number of ether oxygens (including phenoxy) is 5. The highest BCUT2D eigenvalue weighted by atomic mass is 35.5. The average Bonchev–Trinajstić information content (AvgIpc) is 3.07. The molecular formula is C31H47ClN8O5. The molecule has 3 aromatic rings. The largest absolute Gasteiger partial charge is 0.383 e. The van der Waals surface area contributed by atoms with Crippen LogP contribution in [0.2, 0.25) is 5.02 Å². The van der Waals surface area contributed by atoms with Gasteiger partial charge in [-0.2, -0.15) is 9.97 Å². The monoisotopic (exact) mass is 646 g/mol. The van der Waals surface area contributed by atoms with Crippen molar-refractivity contribution in [2.24, 2.45) is 0 Å². The van der Waals surface area contributed by atoms with Gasteiger partial charge < -0.3 is 43.7 Å². The van der Waals surface area contributed by atoms with Crippen molar-refractivity contribution in [3.63, 3.8) is 0 Å². The van der Waals surface area contributed by atoms with E-state index in [1.807, 2.05) is 24.3 Å². The molecule has 248 valence electrons. The molecule has 1 aliphatic rings. The Morgan fingerprint density at radius 2 is 1.33 bits per heavy atom. The highest BCUT2D eigenvalue weighted by molar-refractivity contribution is 6.30. The van der Waals surface area contributed by atoms with Crippen LogP contribution in [0.4, 0.5) is 23.5 Å². The van der Waals surface area contributed by atoms with Crippen LogP contribution in [0.3, 0.4) is 0 Å². The molecule has 0 saturated carbocycles. The standard InChI is InChI=1S/C31H47ClN8O5/c1-41-17-13-39(14-18-42-2)30-35-27-26(28(36-30)33-22-23-7-6-8-24(32)21-23)34-31(40(15-19-43-3)16-20-44-4)37-29(27)38-11-9-25(45-5)10-12-38/h6-8,21,25H,9-20,22H2,1-5H3,(H,33,35,36). The van der Waals surface area contributed by atoms with Crippen LogP contribution in [-0.4, -0.2) is 127 Å². The zero-order chi connectivity index (χ0) is 32.0. The van der Waals surface area contributed by atoms with E-state index < -0.39 is 0 Å². The number of piperidine rings is 1. The Bertz CT molecular complexity index is 1310. The molecule has 1 saturated heterocycles. The number of hydrogen-bond donors (Lipinski definition) is 1. The molecule has 0 atom stereocenters. The molecule has 4 rings (SSSR count). The van der Waals surface area contributed by atoms with Crippen LogP contribution in [0, 0.1) is 0 Å². The fraction of sp³-hybridized carbons (Fsp3) is 0.613. The summed E-state index contributed by atoms with van der Waals surface area (Å²) in [5.41, 5.74) is 2.32. The van der Waals surface area contributed by atoms with Crippen LogP contribution in [-0.2, 0) is 30.2 Å². The van der Waals surface area contributed by atoms with E-state index in [0.29, 0.717) is 92.9 Å². The summed E-state index contributed by atoms with van der Waals surface area (Å²) in [6, 6.07) is 7.76. The molecule has 3 heterocycles. The van der Waals surface area contributed by atoms with E-state index >= 15 is 0 Å². The smallest absolute Gasteiger partial charge is 0.228 e. The van der Waals surface area contributed by atoms with Gasteiger partial charge in [0.1, 0.15) is 11.0 Å². The van der Waals surface area contributed by atoms with Crippen LogP contribution < -0.4 is 20.0 Å². The first kappa shape index (κ1) is 34.8. The van der Waals surface area contributed by atoms with E-state index in [4.69, 9.17) is 55.2 Å². The first-order chi connectivity index (χ1) is 22.0. The van der Waals surface area contributed by atoms with Gasteiger partial charge in [-0.05, 0) is 30.5 Å². The molecule has 1 aliphatic heterocycles. The Balaban J connectivity index is 1.89. The molecule has 45 heavy (non-hydrogen) atoms. The third-order valence-electron chi connectivity index (χ3n) is 7.75. The van der Waals surface area contributed by atoms with Gasteiger partial charge in [-0.1, -0.05) is 23.7 Å². The Labute approximate surface area is 271 Å². The van der Waals surface area contributed by atoms with Gasteiger partial charge in [0.2, 0.25) is 11.9 Å². The summed E-state index contributed by atoms with van der Waals surface area (Å²) in [6.45, 7) is 6.49. The highest BCUT2D eigenvalue weighted by Crippen LogP contribution is 2.33. The predicted molar refractivity (Wildman–Crippen MR) is 178 cm³/mol. The van der Waals surface area contributed by atoms with E-state index in [0.717, 1.165) is 37.3 Å². The van der Waals surface area contributed by atoms with E-state index in [-0.39, 0.29) is 6.10 Å². The number of hydrogen-bond acceptors (Lipinski definition) is 13.